The quantitative estimate of drug-likeness (QED) is 0.542. The van der Waals surface area contributed by atoms with Crippen molar-refractivity contribution in [2.45, 2.75) is 32.7 Å². The summed E-state index contributed by atoms with van der Waals surface area (Å²) in [6.07, 6.45) is 2.70. The number of likely N-dealkylation sites (N-methyl/N-ethyl adjacent to an activating group) is 1. The van der Waals surface area contributed by atoms with Crippen LogP contribution in [-0.4, -0.2) is 67.1 Å². The molecule has 178 valence electrons. The highest BCUT2D eigenvalue weighted by atomic mass is 16.5. The van der Waals surface area contributed by atoms with Gasteiger partial charge in [0, 0.05) is 60.9 Å². The zero-order chi connectivity index (χ0) is 23.5. The second-order valence-electron chi connectivity index (χ2n) is 9.37. The Balaban J connectivity index is 1.57. The van der Waals surface area contributed by atoms with E-state index in [-0.39, 0.29) is 5.91 Å². The normalized spacial score (nSPS) is 17.9. The summed E-state index contributed by atoms with van der Waals surface area (Å²) in [5.74, 6) is 1.00. The molecule has 6 heteroatoms. The highest BCUT2D eigenvalue weighted by molar-refractivity contribution is 5.96. The van der Waals surface area contributed by atoms with Crippen LogP contribution in [0.4, 0.5) is 5.69 Å². The van der Waals surface area contributed by atoms with Gasteiger partial charge in [-0.05, 0) is 64.2 Å². The first kappa shape index (κ1) is 22.8. The first-order chi connectivity index (χ1) is 16.6. The van der Waals surface area contributed by atoms with Crippen LogP contribution in [0.1, 0.15) is 31.9 Å². The fourth-order valence-electron chi connectivity index (χ4n) is 5.08. The van der Waals surface area contributed by atoms with E-state index >= 15 is 0 Å². The van der Waals surface area contributed by atoms with Gasteiger partial charge in [0.15, 0.2) is 0 Å². The molecule has 2 aliphatic heterocycles. The molecule has 0 saturated carbocycles. The number of fused-ring (bicyclic) bond motifs is 1. The molecule has 3 aromatic rings. The predicted molar refractivity (Wildman–Crippen MR) is 137 cm³/mol. The lowest BCUT2D eigenvalue weighted by Gasteiger charge is -2.23. The van der Waals surface area contributed by atoms with E-state index in [0.717, 1.165) is 84.9 Å². The minimum absolute atomic E-state index is 0.189. The smallest absolute Gasteiger partial charge is 0.227 e. The summed E-state index contributed by atoms with van der Waals surface area (Å²) >= 11 is 0. The van der Waals surface area contributed by atoms with Crippen LogP contribution in [0.2, 0.25) is 0 Å². The Bertz CT molecular complexity index is 1180. The number of aromatic nitrogens is 1. The van der Waals surface area contributed by atoms with Crippen molar-refractivity contribution in [1.29, 1.82) is 0 Å². The molecule has 0 aliphatic carbocycles. The Morgan fingerprint density at radius 3 is 2.65 bits per heavy atom. The van der Waals surface area contributed by atoms with E-state index in [2.05, 4.69) is 53.2 Å². The zero-order valence-electron chi connectivity index (χ0n) is 20.3. The third kappa shape index (κ3) is 4.79. The Labute approximate surface area is 202 Å². The van der Waals surface area contributed by atoms with Gasteiger partial charge in [-0.25, -0.2) is 0 Å². The summed E-state index contributed by atoms with van der Waals surface area (Å²) in [5, 5.41) is 1.12. The molecule has 34 heavy (non-hydrogen) atoms. The molecule has 1 aromatic heterocycles. The standard InChI is InChI=1S/C28H34N4O2/c1-3-34-27-19-22(32-15-6-10-28(32)33)11-12-23(27)24-18-21-8-4-5-9-25(21)29-26(24)20-31-14-7-13-30(2)16-17-31/h4-5,8-9,11-12,18-19H,3,6-7,10,13-17,20H2,1-2H3. The fourth-order valence-corrected chi connectivity index (χ4v) is 5.08. The van der Waals surface area contributed by atoms with E-state index < -0.39 is 0 Å². The summed E-state index contributed by atoms with van der Waals surface area (Å²) in [4.78, 5) is 24.3. The van der Waals surface area contributed by atoms with Crippen LogP contribution < -0.4 is 9.64 Å². The molecule has 5 rings (SSSR count). The number of nitrogens with zero attached hydrogens (tertiary/aromatic N) is 4. The van der Waals surface area contributed by atoms with Gasteiger partial charge in [-0.15, -0.1) is 0 Å². The number of carbonyl (C=O) groups excluding carboxylic acids is 1. The van der Waals surface area contributed by atoms with Crippen LogP contribution in [0.3, 0.4) is 0 Å². The maximum Gasteiger partial charge on any atom is 0.227 e. The van der Waals surface area contributed by atoms with Crippen molar-refractivity contribution >= 4 is 22.5 Å². The van der Waals surface area contributed by atoms with E-state index in [1.165, 1.54) is 6.42 Å². The highest BCUT2D eigenvalue weighted by Gasteiger charge is 2.24. The predicted octanol–water partition coefficient (Wildman–Crippen LogP) is 4.56. The van der Waals surface area contributed by atoms with Crippen molar-refractivity contribution in [3.63, 3.8) is 0 Å². The minimum Gasteiger partial charge on any atom is -0.493 e. The number of ether oxygens (including phenoxy) is 1. The number of hydrogen-bond acceptors (Lipinski definition) is 5. The van der Waals surface area contributed by atoms with Gasteiger partial charge in [0.2, 0.25) is 5.91 Å². The number of para-hydroxylation sites is 1. The van der Waals surface area contributed by atoms with E-state index in [0.29, 0.717) is 13.0 Å². The summed E-state index contributed by atoms with van der Waals surface area (Å²) in [7, 11) is 2.20. The summed E-state index contributed by atoms with van der Waals surface area (Å²) in [5.41, 5.74) is 5.16. The number of benzene rings is 2. The molecule has 2 fully saturated rings. The Kier molecular flexibility index (Phi) is 6.79. The average Bonchev–Trinajstić information content (AvgIpc) is 3.17. The molecule has 2 saturated heterocycles. The van der Waals surface area contributed by atoms with Gasteiger partial charge in [-0.2, -0.15) is 0 Å². The molecular weight excluding hydrogens is 424 g/mol. The van der Waals surface area contributed by atoms with Crippen LogP contribution in [-0.2, 0) is 11.3 Å². The van der Waals surface area contributed by atoms with Gasteiger partial charge in [0.1, 0.15) is 5.75 Å². The molecule has 0 bridgehead atoms. The lowest BCUT2D eigenvalue weighted by molar-refractivity contribution is -0.117. The summed E-state index contributed by atoms with van der Waals surface area (Å²) in [6, 6.07) is 16.8. The molecule has 0 radical (unpaired) electrons. The number of pyridine rings is 1. The Morgan fingerprint density at radius 1 is 0.941 bits per heavy atom. The first-order valence-electron chi connectivity index (χ1n) is 12.5. The van der Waals surface area contributed by atoms with Gasteiger partial charge in [0.05, 0.1) is 17.8 Å². The topological polar surface area (TPSA) is 48.9 Å². The van der Waals surface area contributed by atoms with E-state index in [1.54, 1.807) is 0 Å². The molecule has 2 aromatic carbocycles. The number of anilines is 1. The molecule has 2 aliphatic rings. The molecule has 0 N–H and O–H groups in total. The lowest BCUT2D eigenvalue weighted by atomic mass is 9.99. The molecule has 1 amide bonds. The van der Waals surface area contributed by atoms with Gasteiger partial charge in [-0.3, -0.25) is 14.7 Å². The Morgan fingerprint density at radius 2 is 1.82 bits per heavy atom. The largest absolute Gasteiger partial charge is 0.493 e. The maximum absolute atomic E-state index is 12.3. The summed E-state index contributed by atoms with van der Waals surface area (Å²) in [6.45, 7) is 8.49. The number of hydrogen-bond donors (Lipinski definition) is 0. The highest BCUT2D eigenvalue weighted by Crippen LogP contribution is 2.38. The van der Waals surface area contributed by atoms with Gasteiger partial charge >= 0.3 is 0 Å². The number of carbonyl (C=O) groups is 1. The first-order valence-corrected chi connectivity index (χ1v) is 12.5. The fraction of sp³-hybridized carbons (Fsp3) is 0.429. The van der Waals surface area contributed by atoms with Crippen molar-refractivity contribution in [2.75, 3.05) is 51.3 Å². The van der Waals surface area contributed by atoms with E-state index in [1.807, 2.05) is 24.0 Å². The van der Waals surface area contributed by atoms with Crippen LogP contribution >= 0.6 is 0 Å². The van der Waals surface area contributed by atoms with Crippen molar-refractivity contribution in [3.05, 3.63) is 54.2 Å². The molecule has 3 heterocycles. The van der Waals surface area contributed by atoms with Crippen molar-refractivity contribution < 1.29 is 9.53 Å². The second-order valence-corrected chi connectivity index (χ2v) is 9.37. The van der Waals surface area contributed by atoms with Crippen molar-refractivity contribution in [2.24, 2.45) is 0 Å². The van der Waals surface area contributed by atoms with Gasteiger partial charge in [0.25, 0.3) is 0 Å². The monoisotopic (exact) mass is 458 g/mol. The molecule has 0 unspecified atom stereocenters. The van der Waals surface area contributed by atoms with E-state index in [4.69, 9.17) is 9.72 Å². The van der Waals surface area contributed by atoms with Gasteiger partial charge in [-0.1, -0.05) is 18.2 Å². The SMILES string of the molecule is CCOc1cc(N2CCCC2=O)ccc1-c1cc2ccccc2nc1CN1CCCN(C)CC1. The van der Waals surface area contributed by atoms with Crippen LogP contribution in [0.25, 0.3) is 22.0 Å². The molecule has 0 spiro atoms. The van der Waals surface area contributed by atoms with Crippen LogP contribution in [0.5, 0.6) is 5.75 Å². The van der Waals surface area contributed by atoms with E-state index in [9.17, 15) is 4.79 Å². The maximum atomic E-state index is 12.3. The third-order valence-electron chi connectivity index (χ3n) is 6.93. The zero-order valence-corrected chi connectivity index (χ0v) is 20.3. The number of rotatable bonds is 6. The van der Waals surface area contributed by atoms with Crippen LogP contribution in [0.15, 0.2) is 48.5 Å². The van der Waals surface area contributed by atoms with Crippen molar-refractivity contribution in [3.8, 4) is 16.9 Å². The lowest BCUT2D eigenvalue weighted by Crippen LogP contribution is -2.29. The van der Waals surface area contributed by atoms with Crippen molar-refractivity contribution in [1.82, 2.24) is 14.8 Å². The third-order valence-corrected chi connectivity index (χ3v) is 6.93. The molecule has 6 nitrogen and oxygen atoms in total. The Hall–Kier alpha value is -2.96. The van der Waals surface area contributed by atoms with Gasteiger partial charge < -0.3 is 14.5 Å². The average molecular weight is 459 g/mol. The second kappa shape index (κ2) is 10.1. The molecular formula is C28H34N4O2. The van der Waals surface area contributed by atoms with Crippen LogP contribution in [0, 0.1) is 0 Å². The minimum atomic E-state index is 0.189. The molecule has 0 atom stereocenters. The summed E-state index contributed by atoms with van der Waals surface area (Å²) < 4.78 is 6.13. The number of amides is 1.